The molecule has 1 N–H and O–H groups in total. The zero-order valence-electron chi connectivity index (χ0n) is 15.7. The minimum atomic E-state index is -0.375. The van der Waals surface area contributed by atoms with Gasteiger partial charge in [-0.05, 0) is 56.4 Å². The van der Waals surface area contributed by atoms with E-state index < -0.39 is 0 Å². The van der Waals surface area contributed by atoms with Gasteiger partial charge in [0.25, 0.3) is 5.91 Å². The Morgan fingerprint density at radius 2 is 1.85 bits per heavy atom. The van der Waals surface area contributed by atoms with Crippen LogP contribution < -0.4 is 14.8 Å². The zero-order chi connectivity index (χ0) is 19.4. The second-order valence-corrected chi connectivity index (χ2v) is 7.26. The molecule has 144 valence electrons. The van der Waals surface area contributed by atoms with E-state index in [2.05, 4.69) is 5.32 Å². The molecule has 0 unspecified atom stereocenters. The molecule has 3 rings (SSSR count). The lowest BCUT2D eigenvalue weighted by Gasteiger charge is -2.12. The number of aryl methyl sites for hydroxylation is 1. The Hall–Kier alpha value is -2.54. The third-order valence-electron chi connectivity index (χ3n) is 4.52. The first-order valence-corrected chi connectivity index (χ1v) is 9.75. The minimum Gasteiger partial charge on any atom is -0.493 e. The molecular weight excluding hydrogens is 366 g/mol. The van der Waals surface area contributed by atoms with Gasteiger partial charge in [-0.15, -0.1) is 11.3 Å². The Bertz CT molecular complexity index is 858. The number of carbonyl (C=O) groups excluding carboxylic acids is 2. The van der Waals surface area contributed by atoms with Crippen LogP contribution in [-0.2, 0) is 17.6 Å². The van der Waals surface area contributed by atoms with Gasteiger partial charge in [-0.2, -0.15) is 0 Å². The average molecular weight is 389 g/mol. The highest BCUT2D eigenvalue weighted by Gasteiger charge is 2.27. The summed E-state index contributed by atoms with van der Waals surface area (Å²) in [6.07, 6.45) is 3.91. The highest BCUT2D eigenvalue weighted by Crippen LogP contribution is 2.39. The van der Waals surface area contributed by atoms with Crippen LogP contribution in [0.4, 0.5) is 5.00 Å². The lowest BCUT2D eigenvalue weighted by atomic mass is 9.95. The van der Waals surface area contributed by atoms with Crippen LogP contribution in [0.3, 0.4) is 0 Å². The summed E-state index contributed by atoms with van der Waals surface area (Å²) in [5, 5.41) is 3.45. The van der Waals surface area contributed by atoms with E-state index in [0.29, 0.717) is 34.2 Å². The van der Waals surface area contributed by atoms with Crippen LogP contribution in [0.5, 0.6) is 11.5 Å². The smallest absolute Gasteiger partial charge is 0.341 e. The van der Waals surface area contributed by atoms with Crippen LogP contribution in [0.2, 0.25) is 0 Å². The molecule has 0 spiro atoms. The lowest BCUT2D eigenvalue weighted by molar-refractivity contribution is 0.0526. The monoisotopic (exact) mass is 389 g/mol. The van der Waals surface area contributed by atoms with Crippen LogP contribution in [-0.4, -0.2) is 32.7 Å². The molecule has 0 saturated carbocycles. The van der Waals surface area contributed by atoms with Crippen molar-refractivity contribution in [1.29, 1.82) is 0 Å². The van der Waals surface area contributed by atoms with Crippen molar-refractivity contribution in [2.45, 2.75) is 32.6 Å². The summed E-state index contributed by atoms with van der Waals surface area (Å²) in [4.78, 5) is 26.4. The molecule has 1 aromatic carbocycles. The molecule has 0 radical (unpaired) electrons. The molecule has 1 aromatic heterocycles. The van der Waals surface area contributed by atoms with Crippen molar-refractivity contribution in [3.8, 4) is 11.5 Å². The van der Waals surface area contributed by atoms with Crippen molar-refractivity contribution >= 4 is 28.2 Å². The van der Waals surface area contributed by atoms with E-state index in [4.69, 9.17) is 14.2 Å². The number of amides is 1. The summed E-state index contributed by atoms with van der Waals surface area (Å²) in [5.74, 6) is 0.341. The summed E-state index contributed by atoms with van der Waals surface area (Å²) < 4.78 is 15.7. The Morgan fingerprint density at radius 1 is 1.11 bits per heavy atom. The maximum atomic E-state index is 12.8. The van der Waals surface area contributed by atoms with E-state index in [0.717, 1.165) is 36.1 Å². The van der Waals surface area contributed by atoms with Gasteiger partial charge in [-0.25, -0.2) is 4.79 Å². The van der Waals surface area contributed by atoms with Gasteiger partial charge in [0.15, 0.2) is 11.5 Å². The van der Waals surface area contributed by atoms with Gasteiger partial charge in [-0.1, -0.05) is 0 Å². The first-order valence-electron chi connectivity index (χ1n) is 8.94. The molecule has 7 heteroatoms. The maximum absolute atomic E-state index is 12.8. The highest BCUT2D eigenvalue weighted by molar-refractivity contribution is 7.17. The fraction of sp³-hybridized carbons (Fsp3) is 0.400. The second kappa shape index (κ2) is 8.43. The predicted octanol–water partition coefficient (Wildman–Crippen LogP) is 4.07. The van der Waals surface area contributed by atoms with Crippen LogP contribution in [0.1, 0.15) is 50.9 Å². The number of esters is 1. The summed E-state index contributed by atoms with van der Waals surface area (Å²) in [7, 11) is 3.06. The number of hydrogen-bond acceptors (Lipinski definition) is 6. The lowest BCUT2D eigenvalue weighted by Crippen LogP contribution is -2.16. The largest absolute Gasteiger partial charge is 0.493 e. The van der Waals surface area contributed by atoms with Gasteiger partial charge in [0.05, 0.1) is 26.4 Å². The van der Waals surface area contributed by atoms with E-state index in [1.54, 1.807) is 32.2 Å². The average Bonchev–Trinajstić information content (AvgIpc) is 3.05. The molecule has 1 amide bonds. The molecule has 1 heterocycles. The molecule has 0 bridgehead atoms. The molecule has 2 aromatic rings. The Kier molecular flexibility index (Phi) is 6.01. The van der Waals surface area contributed by atoms with Gasteiger partial charge in [-0.3, -0.25) is 4.79 Å². The molecule has 1 aliphatic rings. The Labute approximate surface area is 162 Å². The van der Waals surface area contributed by atoms with Gasteiger partial charge in [0.2, 0.25) is 0 Å². The highest BCUT2D eigenvalue weighted by atomic mass is 32.1. The van der Waals surface area contributed by atoms with Gasteiger partial charge in [0, 0.05) is 10.4 Å². The topological polar surface area (TPSA) is 73.9 Å². The normalized spacial score (nSPS) is 12.9. The van der Waals surface area contributed by atoms with Crippen molar-refractivity contribution in [3.63, 3.8) is 0 Å². The Morgan fingerprint density at radius 3 is 2.56 bits per heavy atom. The maximum Gasteiger partial charge on any atom is 0.341 e. The quantitative estimate of drug-likeness (QED) is 0.754. The van der Waals surface area contributed by atoms with Crippen LogP contribution >= 0.6 is 11.3 Å². The summed E-state index contributed by atoms with van der Waals surface area (Å²) in [6.45, 7) is 2.07. The number of methoxy groups -OCH3 is 2. The van der Waals surface area contributed by atoms with Crippen molar-refractivity contribution in [1.82, 2.24) is 0 Å². The molecule has 1 aliphatic carbocycles. The number of nitrogens with one attached hydrogen (secondary N) is 1. The number of carbonyl (C=O) groups is 2. The number of ether oxygens (including phenoxy) is 3. The summed E-state index contributed by atoms with van der Waals surface area (Å²) >= 11 is 1.47. The minimum absolute atomic E-state index is 0.298. The third-order valence-corrected chi connectivity index (χ3v) is 5.73. The van der Waals surface area contributed by atoms with Crippen molar-refractivity contribution in [3.05, 3.63) is 39.8 Å². The van der Waals surface area contributed by atoms with E-state index in [1.807, 2.05) is 0 Å². The summed E-state index contributed by atoms with van der Waals surface area (Å²) in [5.41, 5.74) is 1.95. The van der Waals surface area contributed by atoms with Crippen LogP contribution in [0.25, 0.3) is 0 Å². The molecule has 0 saturated heterocycles. The SMILES string of the molecule is CCOC(=O)c1c(NC(=O)c2ccc(OC)c(OC)c2)sc2c1CCCC2. The number of fused-ring (bicyclic) bond motifs is 1. The fourth-order valence-electron chi connectivity index (χ4n) is 3.23. The standard InChI is InChI=1S/C20H23NO5S/c1-4-26-20(23)17-13-7-5-6-8-16(13)27-19(17)21-18(22)12-9-10-14(24-2)15(11-12)25-3/h9-11H,4-8H2,1-3H3,(H,21,22). The number of anilines is 1. The number of thiophene rings is 1. The fourth-order valence-corrected chi connectivity index (χ4v) is 4.50. The summed E-state index contributed by atoms with van der Waals surface area (Å²) in [6, 6.07) is 4.96. The van der Waals surface area contributed by atoms with Crippen LogP contribution in [0, 0.1) is 0 Å². The second-order valence-electron chi connectivity index (χ2n) is 6.16. The number of rotatable bonds is 6. The zero-order valence-corrected chi connectivity index (χ0v) is 16.5. The number of hydrogen-bond donors (Lipinski definition) is 1. The molecule has 6 nitrogen and oxygen atoms in total. The van der Waals surface area contributed by atoms with E-state index in [1.165, 1.54) is 18.4 Å². The third kappa shape index (κ3) is 3.93. The molecule has 0 aliphatic heterocycles. The Balaban J connectivity index is 1.92. The van der Waals surface area contributed by atoms with Crippen molar-refractivity contribution in [2.24, 2.45) is 0 Å². The van der Waals surface area contributed by atoms with Gasteiger partial charge in [0.1, 0.15) is 5.00 Å². The molecular formula is C20H23NO5S. The van der Waals surface area contributed by atoms with Crippen LogP contribution in [0.15, 0.2) is 18.2 Å². The van der Waals surface area contributed by atoms with E-state index in [9.17, 15) is 9.59 Å². The van der Waals surface area contributed by atoms with Gasteiger partial charge >= 0.3 is 5.97 Å². The first-order chi connectivity index (χ1) is 13.1. The molecule has 27 heavy (non-hydrogen) atoms. The van der Waals surface area contributed by atoms with Gasteiger partial charge < -0.3 is 19.5 Å². The molecule has 0 fully saturated rings. The predicted molar refractivity (Wildman–Crippen MR) is 104 cm³/mol. The first kappa shape index (κ1) is 19.2. The number of benzene rings is 1. The van der Waals surface area contributed by atoms with E-state index in [-0.39, 0.29) is 11.9 Å². The molecule has 0 atom stereocenters. The van der Waals surface area contributed by atoms with Crippen molar-refractivity contribution < 1.29 is 23.8 Å². The van der Waals surface area contributed by atoms with Crippen molar-refractivity contribution in [2.75, 3.05) is 26.1 Å². The van der Waals surface area contributed by atoms with E-state index >= 15 is 0 Å².